The molecule has 5 fully saturated rings. The molecule has 0 bridgehead atoms. The molecule has 1 aliphatic heterocycles. The minimum atomic E-state index is -1.36. The molecule has 0 aromatic rings. The van der Waals surface area contributed by atoms with Crippen LogP contribution in [0.15, 0.2) is 11.6 Å². The van der Waals surface area contributed by atoms with E-state index in [0.29, 0.717) is 31.6 Å². The Kier molecular flexibility index (Phi) is 7.97. The van der Waals surface area contributed by atoms with Crippen molar-refractivity contribution < 1.29 is 44.6 Å². The van der Waals surface area contributed by atoms with Gasteiger partial charge < -0.3 is 35.0 Å². The van der Waals surface area contributed by atoms with Crippen LogP contribution < -0.4 is 0 Å². The molecule has 254 valence electrons. The van der Waals surface area contributed by atoms with Gasteiger partial charge in [-0.15, -0.1) is 0 Å². The van der Waals surface area contributed by atoms with Gasteiger partial charge >= 0.3 is 11.9 Å². The maximum absolute atomic E-state index is 13.8. The van der Waals surface area contributed by atoms with Crippen LogP contribution in [0.5, 0.6) is 0 Å². The largest absolute Gasteiger partial charge is 0.481 e. The second-order valence-electron chi connectivity index (χ2n) is 17.2. The van der Waals surface area contributed by atoms with Crippen molar-refractivity contribution in [2.45, 2.75) is 143 Å². The Morgan fingerprint density at radius 3 is 2.16 bits per heavy atom. The number of aliphatic carboxylic acids is 2. The summed E-state index contributed by atoms with van der Waals surface area (Å²) in [5, 5.41) is 53.2. The van der Waals surface area contributed by atoms with Crippen LogP contribution in [-0.2, 0) is 19.1 Å². The highest BCUT2D eigenvalue weighted by atomic mass is 16.7. The normalized spacial score (nSPS) is 54.0. The van der Waals surface area contributed by atoms with E-state index in [2.05, 4.69) is 47.6 Å². The molecule has 0 amide bonds. The maximum Gasteiger partial charge on any atom is 0.314 e. The second-order valence-corrected chi connectivity index (χ2v) is 17.2. The van der Waals surface area contributed by atoms with E-state index in [1.807, 2.05) is 0 Å². The van der Waals surface area contributed by atoms with Crippen molar-refractivity contribution in [3.8, 4) is 0 Å². The summed E-state index contributed by atoms with van der Waals surface area (Å²) >= 11 is 0. The van der Waals surface area contributed by atoms with Crippen molar-refractivity contribution in [1.82, 2.24) is 0 Å². The van der Waals surface area contributed by atoms with Gasteiger partial charge in [0.05, 0.1) is 23.0 Å². The predicted molar refractivity (Wildman–Crippen MR) is 166 cm³/mol. The van der Waals surface area contributed by atoms with Crippen molar-refractivity contribution in [1.29, 1.82) is 0 Å². The molecule has 0 radical (unpaired) electrons. The Labute approximate surface area is 267 Å². The number of hydrogen-bond donors (Lipinski definition) is 5. The van der Waals surface area contributed by atoms with Crippen molar-refractivity contribution in [3.63, 3.8) is 0 Å². The number of carbonyl (C=O) groups is 2. The molecular weight excluding hydrogens is 576 g/mol. The molecule has 6 rings (SSSR count). The standard InChI is InChI=1S/C36H56O9/c1-18-10-15-35(30(40)41)16-17-36(31(42)43)21(25(35)19(18)2)8-9-23-33(6)13-12-24(32(4,5)22(33)11-14-34(23,36)7)45-29-28(39)27(38)26(37)20(3)44-29/h8,18-20,22-29,37-39H,9-17H2,1-7H3,(H,40,41)(H,42,43)/t18-,19+,20+,22-,23-,24+,25+,26+,27-,28-,29+,33+,34-,35+,36-/m1/s1. The summed E-state index contributed by atoms with van der Waals surface area (Å²) in [5.74, 6) is -1.08. The molecule has 9 heteroatoms. The van der Waals surface area contributed by atoms with Crippen LogP contribution in [0.1, 0.15) is 106 Å². The molecule has 0 unspecified atom stereocenters. The van der Waals surface area contributed by atoms with E-state index in [4.69, 9.17) is 9.47 Å². The number of fused-ring (bicyclic) bond motifs is 7. The smallest absolute Gasteiger partial charge is 0.314 e. The van der Waals surface area contributed by atoms with Crippen molar-refractivity contribution >= 4 is 11.9 Å². The maximum atomic E-state index is 13.8. The molecule has 4 saturated carbocycles. The molecule has 5 aliphatic carbocycles. The topological polar surface area (TPSA) is 154 Å². The lowest BCUT2D eigenvalue weighted by Crippen LogP contribution is -2.68. The highest BCUT2D eigenvalue weighted by Crippen LogP contribution is 2.76. The third kappa shape index (κ3) is 4.28. The number of carboxylic acids is 2. The molecular formula is C36H56O9. The number of hydrogen-bond acceptors (Lipinski definition) is 7. The molecule has 5 N–H and O–H groups in total. The molecule has 1 heterocycles. The average molecular weight is 633 g/mol. The van der Waals surface area contributed by atoms with Gasteiger partial charge in [0.2, 0.25) is 0 Å². The minimum absolute atomic E-state index is 0.0958. The van der Waals surface area contributed by atoms with Crippen LogP contribution in [-0.4, -0.2) is 74.3 Å². The van der Waals surface area contributed by atoms with Gasteiger partial charge in [-0.25, -0.2) is 0 Å². The first kappa shape index (κ1) is 33.4. The van der Waals surface area contributed by atoms with Crippen LogP contribution >= 0.6 is 0 Å². The molecule has 0 spiro atoms. The Bertz CT molecular complexity index is 1250. The minimum Gasteiger partial charge on any atom is -0.481 e. The van der Waals surface area contributed by atoms with Gasteiger partial charge in [0.25, 0.3) is 0 Å². The van der Waals surface area contributed by atoms with Crippen LogP contribution in [0.25, 0.3) is 0 Å². The molecule has 1 saturated heterocycles. The van der Waals surface area contributed by atoms with E-state index >= 15 is 0 Å². The first-order valence-corrected chi connectivity index (χ1v) is 17.4. The first-order chi connectivity index (χ1) is 20.9. The van der Waals surface area contributed by atoms with E-state index in [1.54, 1.807) is 6.92 Å². The SMILES string of the molecule is C[C@H]1[C@H](C)CC[C@]2(C(=O)O)CC[C@]3(C(=O)O)C(=CC[C@@H]4[C@@]5(C)CC[C@H](O[C@@H]6O[C@@H](C)[C@H](O)[C@@H](O)[C@H]6O)C(C)(C)[C@H]5CC[C@]43C)[C@H]12. The summed E-state index contributed by atoms with van der Waals surface area (Å²) in [4.78, 5) is 26.8. The van der Waals surface area contributed by atoms with Crippen molar-refractivity contribution in [3.05, 3.63) is 11.6 Å². The monoisotopic (exact) mass is 632 g/mol. The zero-order chi connectivity index (χ0) is 33.1. The quantitative estimate of drug-likeness (QED) is 0.213. The van der Waals surface area contributed by atoms with E-state index < -0.39 is 58.9 Å². The second kappa shape index (κ2) is 10.7. The van der Waals surface area contributed by atoms with E-state index in [-0.39, 0.29) is 40.6 Å². The lowest BCUT2D eigenvalue weighted by atomic mass is 9.33. The van der Waals surface area contributed by atoms with E-state index in [0.717, 1.165) is 37.7 Å². The number of allylic oxidation sites excluding steroid dienone is 1. The zero-order valence-electron chi connectivity index (χ0n) is 28.2. The predicted octanol–water partition coefficient (Wildman–Crippen LogP) is 5.01. The molecule has 6 aliphatic rings. The molecule has 45 heavy (non-hydrogen) atoms. The summed E-state index contributed by atoms with van der Waals surface area (Å²) in [6.07, 6.45) is 2.36. The summed E-state index contributed by atoms with van der Waals surface area (Å²) in [6, 6.07) is 0. The Morgan fingerprint density at radius 2 is 1.51 bits per heavy atom. The van der Waals surface area contributed by atoms with Crippen LogP contribution in [0, 0.1) is 56.7 Å². The lowest BCUT2D eigenvalue weighted by Gasteiger charge is -2.70. The molecule has 0 aromatic heterocycles. The lowest BCUT2D eigenvalue weighted by molar-refractivity contribution is -0.324. The van der Waals surface area contributed by atoms with Crippen LogP contribution in [0.2, 0.25) is 0 Å². The van der Waals surface area contributed by atoms with Crippen molar-refractivity contribution in [2.75, 3.05) is 0 Å². The van der Waals surface area contributed by atoms with Crippen LogP contribution in [0.4, 0.5) is 0 Å². The Hall–Kier alpha value is -1.52. The third-order valence-electron chi connectivity index (χ3n) is 15.3. The van der Waals surface area contributed by atoms with E-state index in [9.17, 15) is 35.1 Å². The number of aliphatic hydroxyl groups excluding tert-OH is 3. The summed E-state index contributed by atoms with van der Waals surface area (Å²) in [7, 11) is 0. The van der Waals surface area contributed by atoms with Gasteiger partial charge in [0.1, 0.15) is 18.3 Å². The van der Waals surface area contributed by atoms with Gasteiger partial charge in [0.15, 0.2) is 6.29 Å². The highest BCUT2D eigenvalue weighted by molar-refractivity contribution is 5.84. The first-order valence-electron chi connectivity index (χ1n) is 17.4. The number of ether oxygens (including phenoxy) is 2. The molecule has 0 aromatic carbocycles. The highest BCUT2D eigenvalue weighted by Gasteiger charge is 2.73. The zero-order valence-corrected chi connectivity index (χ0v) is 28.2. The summed E-state index contributed by atoms with van der Waals surface area (Å²) in [5.41, 5.74) is -2.13. The van der Waals surface area contributed by atoms with Gasteiger partial charge in [-0.3, -0.25) is 9.59 Å². The van der Waals surface area contributed by atoms with Gasteiger partial charge in [-0.1, -0.05) is 53.2 Å². The number of rotatable bonds is 4. The summed E-state index contributed by atoms with van der Waals surface area (Å²) in [6.45, 7) is 15.0. The summed E-state index contributed by atoms with van der Waals surface area (Å²) < 4.78 is 12.3. The number of carboxylic acid groups (broad SMARTS) is 2. The fraction of sp³-hybridized carbons (Fsp3) is 0.889. The van der Waals surface area contributed by atoms with Crippen LogP contribution in [0.3, 0.4) is 0 Å². The molecule has 9 nitrogen and oxygen atoms in total. The van der Waals surface area contributed by atoms with Crippen molar-refractivity contribution in [2.24, 2.45) is 56.7 Å². The third-order valence-corrected chi connectivity index (χ3v) is 15.3. The molecule has 15 atom stereocenters. The van der Waals surface area contributed by atoms with Gasteiger partial charge in [-0.05, 0) is 111 Å². The van der Waals surface area contributed by atoms with Gasteiger partial charge in [-0.2, -0.15) is 0 Å². The van der Waals surface area contributed by atoms with Gasteiger partial charge in [0, 0.05) is 0 Å². The van der Waals surface area contributed by atoms with E-state index in [1.165, 1.54) is 0 Å². The Morgan fingerprint density at radius 1 is 0.822 bits per heavy atom. The Balaban J connectivity index is 1.35. The number of aliphatic hydroxyl groups is 3. The average Bonchev–Trinajstić information content (AvgIpc) is 2.97. The fourth-order valence-corrected chi connectivity index (χ4v) is 12.5. The fourth-order valence-electron chi connectivity index (χ4n) is 12.5.